The molecule has 11 heteroatoms. The van der Waals surface area contributed by atoms with Gasteiger partial charge in [0.2, 0.25) is 5.95 Å². The number of nitrogens with zero attached hydrogens (tertiary/aromatic N) is 7. The van der Waals surface area contributed by atoms with Crippen molar-refractivity contribution in [2.24, 2.45) is 0 Å². The molecule has 5 rings (SSSR count). The summed E-state index contributed by atoms with van der Waals surface area (Å²) in [6.45, 7) is 7.60. The van der Waals surface area contributed by atoms with Crippen LogP contribution in [0.15, 0.2) is 42.6 Å². The van der Waals surface area contributed by atoms with Crippen LogP contribution in [0.2, 0.25) is 0 Å². The Balaban J connectivity index is 1.20. The lowest BCUT2D eigenvalue weighted by Crippen LogP contribution is -2.39. The summed E-state index contributed by atoms with van der Waals surface area (Å²) in [7, 11) is 0. The van der Waals surface area contributed by atoms with Crippen molar-refractivity contribution in [3.05, 3.63) is 53.9 Å². The Morgan fingerprint density at radius 2 is 1.82 bits per heavy atom. The number of ether oxygens (including phenoxy) is 1. The number of likely N-dealkylation sites (tertiary alicyclic amines) is 1. The van der Waals surface area contributed by atoms with Crippen LogP contribution in [0.5, 0.6) is 0 Å². The number of hydrogen-bond acceptors (Lipinski definition) is 10. The molecule has 3 aromatic rings. The van der Waals surface area contributed by atoms with Crippen molar-refractivity contribution in [3.8, 4) is 0 Å². The van der Waals surface area contributed by atoms with Crippen LogP contribution in [0, 0.1) is 0 Å². The van der Waals surface area contributed by atoms with Gasteiger partial charge in [-0.15, -0.1) is 5.10 Å². The van der Waals surface area contributed by atoms with E-state index in [4.69, 9.17) is 19.8 Å². The van der Waals surface area contributed by atoms with Gasteiger partial charge >= 0.3 is 0 Å². The first-order valence-corrected chi connectivity index (χ1v) is 13.7. The summed E-state index contributed by atoms with van der Waals surface area (Å²) in [5.41, 5.74) is 2.19. The standard InChI is InChI=1S/C27H39N9O2/c37-15-5-4-10-36-21-24(32-33-36)19-28-27-30-25(18-26(31-27)35-13-16-38-17-14-35)29-23-8-11-34(12-9-23)20-22-6-2-1-3-7-22/h1-3,6-7,18,21,23,37H,4-5,8-17,19-20H2,(H2,28,29,30,31). The van der Waals surface area contributed by atoms with Crippen molar-refractivity contribution in [1.82, 2.24) is 29.9 Å². The molecule has 2 aromatic heterocycles. The van der Waals surface area contributed by atoms with Crippen LogP contribution in [-0.4, -0.2) is 87.0 Å². The first kappa shape index (κ1) is 26.3. The Morgan fingerprint density at radius 3 is 2.61 bits per heavy atom. The first-order chi connectivity index (χ1) is 18.7. The molecule has 204 valence electrons. The number of rotatable bonds is 12. The molecule has 2 fully saturated rings. The number of benzene rings is 1. The largest absolute Gasteiger partial charge is 0.396 e. The van der Waals surface area contributed by atoms with Gasteiger partial charge in [0.1, 0.15) is 17.3 Å². The smallest absolute Gasteiger partial charge is 0.226 e. The molecule has 0 bridgehead atoms. The molecular weight excluding hydrogens is 482 g/mol. The van der Waals surface area contributed by atoms with E-state index in [0.29, 0.717) is 31.7 Å². The molecule has 38 heavy (non-hydrogen) atoms. The molecule has 2 aliphatic rings. The van der Waals surface area contributed by atoms with Crippen molar-refractivity contribution in [3.63, 3.8) is 0 Å². The van der Waals surface area contributed by atoms with Crippen LogP contribution in [0.1, 0.15) is 36.9 Å². The molecule has 2 saturated heterocycles. The number of aryl methyl sites for hydroxylation is 1. The summed E-state index contributed by atoms with van der Waals surface area (Å²) in [4.78, 5) is 14.4. The average Bonchev–Trinajstić information content (AvgIpc) is 3.42. The molecule has 0 spiro atoms. The van der Waals surface area contributed by atoms with Gasteiger partial charge in [-0.1, -0.05) is 35.5 Å². The SMILES string of the molecule is OCCCCn1cc(CNc2nc(NC3CCN(Cc4ccccc4)CC3)cc(N3CCOCC3)n2)nn1. The van der Waals surface area contributed by atoms with Gasteiger partial charge < -0.3 is 25.4 Å². The molecule has 11 nitrogen and oxygen atoms in total. The van der Waals surface area contributed by atoms with Crippen LogP contribution in [0.3, 0.4) is 0 Å². The predicted octanol–water partition coefficient (Wildman–Crippen LogP) is 2.37. The highest BCUT2D eigenvalue weighted by Crippen LogP contribution is 2.23. The third kappa shape index (κ3) is 7.62. The molecule has 0 unspecified atom stereocenters. The molecule has 0 saturated carbocycles. The number of morpholine rings is 1. The zero-order valence-corrected chi connectivity index (χ0v) is 22.0. The van der Waals surface area contributed by atoms with Gasteiger partial charge in [0.25, 0.3) is 0 Å². The molecule has 2 aliphatic heterocycles. The van der Waals surface area contributed by atoms with E-state index in [1.807, 2.05) is 10.9 Å². The van der Waals surface area contributed by atoms with Crippen molar-refractivity contribution < 1.29 is 9.84 Å². The lowest BCUT2D eigenvalue weighted by Gasteiger charge is -2.33. The Labute approximate surface area is 224 Å². The summed E-state index contributed by atoms with van der Waals surface area (Å²) >= 11 is 0. The fraction of sp³-hybridized carbons (Fsp3) is 0.556. The Morgan fingerprint density at radius 1 is 1.00 bits per heavy atom. The number of piperidine rings is 1. The quantitative estimate of drug-likeness (QED) is 0.307. The van der Waals surface area contributed by atoms with E-state index in [1.165, 1.54) is 5.56 Å². The van der Waals surface area contributed by atoms with Gasteiger partial charge in [-0.05, 0) is 31.2 Å². The van der Waals surface area contributed by atoms with Crippen molar-refractivity contribution in [2.75, 3.05) is 61.5 Å². The highest BCUT2D eigenvalue weighted by Gasteiger charge is 2.21. The van der Waals surface area contributed by atoms with Gasteiger partial charge in [-0.25, -0.2) is 0 Å². The number of aliphatic hydroxyl groups excluding tert-OH is 1. The molecule has 3 N–H and O–H groups in total. The Kier molecular flexibility index (Phi) is 9.35. The van der Waals surface area contributed by atoms with Crippen LogP contribution in [0.4, 0.5) is 17.6 Å². The zero-order valence-electron chi connectivity index (χ0n) is 22.0. The van der Waals surface area contributed by atoms with Crippen molar-refractivity contribution in [2.45, 2.75) is 51.4 Å². The van der Waals surface area contributed by atoms with Crippen LogP contribution in [0.25, 0.3) is 0 Å². The molecule has 1 aromatic carbocycles. The van der Waals surface area contributed by atoms with E-state index >= 15 is 0 Å². The fourth-order valence-electron chi connectivity index (χ4n) is 4.91. The number of aromatic nitrogens is 5. The molecule has 4 heterocycles. The monoisotopic (exact) mass is 521 g/mol. The Bertz CT molecular complexity index is 1110. The van der Waals surface area contributed by atoms with Gasteiger partial charge in [0, 0.05) is 58.0 Å². The van der Waals surface area contributed by atoms with Crippen LogP contribution >= 0.6 is 0 Å². The second-order valence-electron chi connectivity index (χ2n) is 9.97. The zero-order chi connectivity index (χ0) is 26.0. The number of nitrogens with one attached hydrogen (secondary N) is 2. The predicted molar refractivity (Wildman–Crippen MR) is 147 cm³/mol. The summed E-state index contributed by atoms with van der Waals surface area (Å²) in [6.07, 6.45) is 5.71. The molecule has 0 atom stereocenters. The van der Waals surface area contributed by atoms with Crippen LogP contribution in [-0.2, 0) is 24.4 Å². The van der Waals surface area contributed by atoms with Crippen LogP contribution < -0.4 is 15.5 Å². The van der Waals surface area contributed by atoms with Gasteiger partial charge in [0.05, 0.1) is 26.0 Å². The van der Waals surface area contributed by atoms with Gasteiger partial charge in [0.15, 0.2) is 0 Å². The third-order valence-corrected chi connectivity index (χ3v) is 7.05. The highest BCUT2D eigenvalue weighted by atomic mass is 16.5. The maximum absolute atomic E-state index is 8.98. The third-order valence-electron chi connectivity index (χ3n) is 7.05. The minimum Gasteiger partial charge on any atom is -0.396 e. The van der Waals surface area contributed by atoms with Gasteiger partial charge in [-0.3, -0.25) is 9.58 Å². The summed E-state index contributed by atoms with van der Waals surface area (Å²) < 4.78 is 7.36. The number of hydrogen-bond donors (Lipinski definition) is 3. The topological polar surface area (TPSA) is 116 Å². The van der Waals surface area contributed by atoms with E-state index in [9.17, 15) is 0 Å². The molecular formula is C27H39N9O2. The van der Waals surface area contributed by atoms with Crippen molar-refractivity contribution >= 4 is 17.6 Å². The molecule has 0 amide bonds. The summed E-state index contributed by atoms with van der Waals surface area (Å²) in [6, 6.07) is 13.1. The highest BCUT2D eigenvalue weighted by molar-refractivity contribution is 5.54. The van der Waals surface area contributed by atoms with Crippen molar-refractivity contribution in [1.29, 1.82) is 0 Å². The van der Waals surface area contributed by atoms with E-state index in [1.54, 1.807) is 0 Å². The second-order valence-corrected chi connectivity index (χ2v) is 9.97. The van der Waals surface area contributed by atoms with E-state index in [-0.39, 0.29) is 6.61 Å². The normalized spacial score (nSPS) is 17.0. The van der Waals surface area contributed by atoms with E-state index < -0.39 is 0 Å². The molecule has 0 radical (unpaired) electrons. The second kappa shape index (κ2) is 13.5. The Hall–Kier alpha value is -3.28. The van der Waals surface area contributed by atoms with E-state index in [0.717, 1.165) is 82.3 Å². The maximum Gasteiger partial charge on any atom is 0.226 e. The maximum atomic E-state index is 8.98. The lowest BCUT2D eigenvalue weighted by atomic mass is 10.0. The fourth-order valence-corrected chi connectivity index (χ4v) is 4.91. The number of aliphatic hydroxyl groups is 1. The summed E-state index contributed by atoms with van der Waals surface area (Å²) in [5.74, 6) is 2.33. The minimum absolute atomic E-state index is 0.198. The average molecular weight is 522 g/mol. The van der Waals surface area contributed by atoms with E-state index in [2.05, 4.69) is 67.1 Å². The minimum atomic E-state index is 0.198. The number of anilines is 3. The molecule has 0 aliphatic carbocycles. The number of unbranched alkanes of at least 4 members (excludes halogenated alkanes) is 1. The first-order valence-electron chi connectivity index (χ1n) is 13.7. The lowest BCUT2D eigenvalue weighted by molar-refractivity contribution is 0.122. The van der Waals surface area contributed by atoms with Gasteiger partial charge in [-0.2, -0.15) is 9.97 Å². The summed E-state index contributed by atoms with van der Waals surface area (Å²) in [5, 5.41) is 24.5.